The van der Waals surface area contributed by atoms with Crippen LogP contribution in [-0.4, -0.2) is 11.7 Å². The molecule has 6 aromatic rings. The third kappa shape index (κ3) is 3.36. The number of nitrogens with zero attached hydrogens (tertiary/aromatic N) is 2. The van der Waals surface area contributed by atoms with Gasteiger partial charge in [0, 0.05) is 22.1 Å². The molecule has 2 aliphatic rings. The van der Waals surface area contributed by atoms with E-state index in [0.29, 0.717) is 33.4 Å². The second-order valence-electron chi connectivity index (χ2n) is 8.87. The van der Waals surface area contributed by atoms with E-state index < -0.39 is 0 Å². The number of furan rings is 2. The molecule has 0 saturated carbocycles. The van der Waals surface area contributed by atoms with E-state index in [0.717, 1.165) is 44.3 Å². The highest BCUT2D eigenvalue weighted by Gasteiger charge is 2.20. The topological polar surface area (TPSA) is 75.1 Å². The van der Waals surface area contributed by atoms with E-state index >= 15 is 0 Å². The molecule has 0 fully saturated rings. The van der Waals surface area contributed by atoms with E-state index in [1.807, 2.05) is 60.7 Å². The molecular formula is C30H18N4O2S. The highest BCUT2D eigenvalue weighted by molar-refractivity contribution is 7.99. The fourth-order valence-corrected chi connectivity index (χ4v) is 5.66. The Bertz CT molecular complexity index is 1780. The minimum absolute atomic E-state index is 0.670. The van der Waals surface area contributed by atoms with Crippen molar-refractivity contribution in [3.8, 4) is 0 Å². The van der Waals surface area contributed by atoms with Gasteiger partial charge in [0.05, 0.1) is 11.4 Å². The predicted molar refractivity (Wildman–Crippen MR) is 149 cm³/mol. The molecule has 0 amide bonds. The molecular weight excluding hydrogens is 480 g/mol. The monoisotopic (exact) mass is 498 g/mol. The van der Waals surface area contributed by atoms with Gasteiger partial charge in [-0.25, -0.2) is 9.98 Å². The molecule has 0 radical (unpaired) electrons. The van der Waals surface area contributed by atoms with Crippen molar-refractivity contribution in [3.63, 3.8) is 0 Å². The number of rotatable bonds is 4. The van der Waals surface area contributed by atoms with Gasteiger partial charge >= 0.3 is 0 Å². The van der Waals surface area contributed by atoms with Crippen molar-refractivity contribution < 1.29 is 8.83 Å². The lowest BCUT2D eigenvalue weighted by atomic mass is 10.1. The summed E-state index contributed by atoms with van der Waals surface area (Å²) in [7, 11) is 0. The first-order valence-corrected chi connectivity index (χ1v) is 12.7. The molecule has 2 N–H and O–H groups in total. The molecule has 0 bridgehead atoms. The van der Waals surface area contributed by atoms with E-state index in [2.05, 4.69) is 47.0 Å². The van der Waals surface area contributed by atoms with Gasteiger partial charge < -0.3 is 19.5 Å². The van der Waals surface area contributed by atoms with Crippen LogP contribution < -0.4 is 10.6 Å². The van der Waals surface area contributed by atoms with Crippen molar-refractivity contribution in [3.05, 3.63) is 109 Å². The normalized spacial score (nSPS) is 13.7. The largest absolute Gasteiger partial charge is 0.446 e. The predicted octanol–water partition coefficient (Wildman–Crippen LogP) is 8.34. The summed E-state index contributed by atoms with van der Waals surface area (Å²) in [4.78, 5) is 9.62. The minimum atomic E-state index is 0.670. The number of nitrogens with one attached hydrogen (secondary N) is 2. The Labute approximate surface area is 215 Å². The maximum Gasteiger partial charge on any atom is 0.174 e. The molecule has 2 aliphatic heterocycles. The van der Waals surface area contributed by atoms with Gasteiger partial charge in [-0.05, 0) is 71.1 Å². The second-order valence-corrected chi connectivity index (χ2v) is 9.88. The molecule has 4 heterocycles. The van der Waals surface area contributed by atoms with Crippen LogP contribution in [-0.2, 0) is 0 Å². The van der Waals surface area contributed by atoms with Crippen LogP contribution >= 0.6 is 11.8 Å². The molecule has 8 rings (SSSR count). The van der Waals surface area contributed by atoms with Crippen LogP contribution in [0, 0.1) is 0 Å². The smallest absolute Gasteiger partial charge is 0.174 e. The lowest BCUT2D eigenvalue weighted by Gasteiger charge is -2.17. The van der Waals surface area contributed by atoms with Crippen LogP contribution in [0.4, 0.5) is 22.7 Å². The highest BCUT2D eigenvalue weighted by Crippen LogP contribution is 2.39. The Balaban J connectivity index is 1.06. The number of hydrogen-bond acceptors (Lipinski definition) is 7. The molecule has 2 aromatic heterocycles. The second kappa shape index (κ2) is 7.88. The average molecular weight is 499 g/mol. The third-order valence-corrected chi connectivity index (χ3v) is 7.41. The summed E-state index contributed by atoms with van der Waals surface area (Å²) < 4.78 is 12.3. The average Bonchev–Trinajstić information content (AvgIpc) is 3.60. The van der Waals surface area contributed by atoms with Crippen LogP contribution in [0.2, 0.25) is 0 Å². The van der Waals surface area contributed by atoms with Gasteiger partial charge in [0.1, 0.15) is 0 Å². The lowest BCUT2D eigenvalue weighted by Crippen LogP contribution is -2.15. The van der Waals surface area contributed by atoms with Gasteiger partial charge in [-0.2, -0.15) is 0 Å². The molecule has 0 atom stereocenters. The van der Waals surface area contributed by atoms with Crippen molar-refractivity contribution in [2.45, 2.75) is 10.2 Å². The zero-order chi connectivity index (χ0) is 24.3. The van der Waals surface area contributed by atoms with E-state index in [1.165, 1.54) is 11.8 Å². The number of hydrogen-bond donors (Lipinski definition) is 2. The standard InChI is InChI=1S/C30H18N4O2S/c1-5-17-6-2-10-20-27(17)19(9-1)31-29(32-20)23-13-15-25(35-23)37-26-16-14-24(36-26)30-33-21-11-3-7-18-8-4-12-22(34-30)28(18)21/h1-16H,(H,31,32)(H,33,34). The van der Waals surface area contributed by atoms with Crippen LogP contribution in [0.15, 0.2) is 126 Å². The molecule has 0 aliphatic carbocycles. The molecule has 176 valence electrons. The van der Waals surface area contributed by atoms with Crippen LogP contribution in [0.25, 0.3) is 21.5 Å². The molecule has 0 spiro atoms. The lowest BCUT2D eigenvalue weighted by molar-refractivity contribution is 0.447. The zero-order valence-electron chi connectivity index (χ0n) is 19.4. The summed E-state index contributed by atoms with van der Waals surface area (Å²) >= 11 is 1.42. The summed E-state index contributed by atoms with van der Waals surface area (Å²) in [6, 6.07) is 32.4. The van der Waals surface area contributed by atoms with E-state index in [9.17, 15) is 0 Å². The van der Waals surface area contributed by atoms with Gasteiger partial charge in [0.2, 0.25) is 0 Å². The molecule has 7 heteroatoms. The van der Waals surface area contributed by atoms with E-state index in [1.54, 1.807) is 0 Å². The maximum absolute atomic E-state index is 6.14. The van der Waals surface area contributed by atoms with E-state index in [-0.39, 0.29) is 0 Å². The summed E-state index contributed by atoms with van der Waals surface area (Å²) in [6.07, 6.45) is 0. The van der Waals surface area contributed by atoms with Crippen molar-refractivity contribution in [2.75, 3.05) is 10.6 Å². The summed E-state index contributed by atoms with van der Waals surface area (Å²) in [5.74, 6) is 2.71. The van der Waals surface area contributed by atoms with Crippen molar-refractivity contribution in [1.82, 2.24) is 0 Å². The SMILES string of the molecule is c1cc2c3c(cccc3c1)NC(c1ccc(Sc3ccc(C4=Nc5cccc6cccc(c56)N4)o3)o1)=N2. The van der Waals surface area contributed by atoms with E-state index in [4.69, 9.17) is 18.8 Å². The third-order valence-electron chi connectivity index (χ3n) is 6.57. The molecule has 6 nitrogen and oxygen atoms in total. The van der Waals surface area contributed by atoms with Gasteiger partial charge in [-0.3, -0.25) is 0 Å². The number of aliphatic imine (C=N–C) groups is 2. The molecule has 0 unspecified atom stereocenters. The Morgan fingerprint density at radius 1 is 0.514 bits per heavy atom. The number of amidine groups is 2. The molecule has 0 saturated heterocycles. The van der Waals surface area contributed by atoms with Crippen molar-refractivity contribution in [2.24, 2.45) is 9.98 Å². The van der Waals surface area contributed by atoms with Gasteiger partial charge in [0.25, 0.3) is 0 Å². The van der Waals surface area contributed by atoms with Crippen molar-refractivity contribution >= 4 is 67.7 Å². The minimum Gasteiger partial charge on any atom is -0.446 e. The number of anilines is 2. The van der Waals surface area contributed by atoms with Gasteiger partial charge in [0.15, 0.2) is 33.4 Å². The fraction of sp³-hybridized carbons (Fsp3) is 0. The summed E-state index contributed by atoms with van der Waals surface area (Å²) in [6.45, 7) is 0. The Kier molecular flexibility index (Phi) is 4.35. The quantitative estimate of drug-likeness (QED) is 0.255. The first-order valence-electron chi connectivity index (χ1n) is 11.9. The zero-order valence-corrected chi connectivity index (χ0v) is 20.2. The summed E-state index contributed by atoms with van der Waals surface area (Å²) in [5.41, 5.74) is 3.91. The van der Waals surface area contributed by atoms with Crippen LogP contribution in [0.5, 0.6) is 0 Å². The summed E-state index contributed by atoms with van der Waals surface area (Å²) in [5, 5.41) is 12.8. The fourth-order valence-electron chi connectivity index (χ4n) is 4.93. The Morgan fingerprint density at radius 2 is 0.973 bits per heavy atom. The maximum atomic E-state index is 6.14. The number of benzene rings is 4. The molecule has 37 heavy (non-hydrogen) atoms. The highest BCUT2D eigenvalue weighted by atomic mass is 32.2. The molecule has 4 aromatic carbocycles. The van der Waals surface area contributed by atoms with Crippen molar-refractivity contribution in [1.29, 1.82) is 0 Å². The first kappa shape index (κ1) is 20.4. The Morgan fingerprint density at radius 3 is 1.46 bits per heavy atom. The van der Waals surface area contributed by atoms with Crippen LogP contribution in [0.1, 0.15) is 11.5 Å². The van der Waals surface area contributed by atoms with Crippen LogP contribution in [0.3, 0.4) is 0 Å². The Hall–Kier alpha value is -4.75. The first-order chi connectivity index (χ1) is 18.3. The van der Waals surface area contributed by atoms with Gasteiger partial charge in [-0.15, -0.1) is 0 Å². The van der Waals surface area contributed by atoms with Gasteiger partial charge in [-0.1, -0.05) is 48.5 Å².